The van der Waals surface area contributed by atoms with Gasteiger partial charge in [0.15, 0.2) is 0 Å². The lowest BCUT2D eigenvalue weighted by molar-refractivity contribution is -0.0161. The molecule has 100 valence electrons. The van der Waals surface area contributed by atoms with Gasteiger partial charge in [0.2, 0.25) is 0 Å². The quantitative estimate of drug-likeness (QED) is 0.773. The first-order valence-corrected chi connectivity index (χ1v) is 6.88. The van der Waals surface area contributed by atoms with Gasteiger partial charge >= 0.3 is 0 Å². The molecular weight excluding hydrogens is 214 g/mol. The van der Waals surface area contributed by atoms with Crippen molar-refractivity contribution in [3.8, 4) is 0 Å². The largest absolute Gasteiger partial charge is 0.380 e. The average Bonchev–Trinajstić information content (AvgIpc) is 2.39. The number of likely N-dealkylation sites (N-methyl/N-ethyl adjacent to an activating group) is 2. The Labute approximate surface area is 105 Å². The number of rotatable bonds is 3. The maximum atomic E-state index is 5.66. The van der Waals surface area contributed by atoms with Gasteiger partial charge in [0.25, 0.3) is 0 Å². The van der Waals surface area contributed by atoms with Crippen LogP contribution >= 0.6 is 0 Å². The van der Waals surface area contributed by atoms with Crippen LogP contribution in [0.25, 0.3) is 0 Å². The maximum absolute atomic E-state index is 5.66. The molecule has 0 spiro atoms. The maximum Gasteiger partial charge on any atom is 0.0637 e. The highest BCUT2D eigenvalue weighted by molar-refractivity contribution is 4.89. The summed E-state index contributed by atoms with van der Waals surface area (Å²) in [5, 5.41) is 3.45. The van der Waals surface area contributed by atoms with Crippen molar-refractivity contribution in [2.75, 3.05) is 47.4 Å². The fraction of sp³-hybridized carbons (Fsp3) is 1.00. The fourth-order valence-electron chi connectivity index (χ4n) is 3.13. The number of likely N-dealkylation sites (tertiary alicyclic amines) is 1. The molecule has 17 heavy (non-hydrogen) atoms. The van der Waals surface area contributed by atoms with Gasteiger partial charge in [-0.3, -0.25) is 4.90 Å². The summed E-state index contributed by atoms with van der Waals surface area (Å²) in [6.45, 7) is 4.25. The summed E-state index contributed by atoms with van der Waals surface area (Å²) < 4.78 is 5.66. The average molecular weight is 241 g/mol. The number of nitrogens with zero attached hydrogens (tertiary/aromatic N) is 2. The van der Waals surface area contributed by atoms with E-state index >= 15 is 0 Å². The van der Waals surface area contributed by atoms with E-state index in [1.165, 1.54) is 25.9 Å². The molecule has 2 fully saturated rings. The highest BCUT2D eigenvalue weighted by Gasteiger charge is 2.32. The molecule has 2 saturated heterocycles. The molecule has 0 bridgehead atoms. The first-order chi connectivity index (χ1) is 8.22. The zero-order valence-corrected chi connectivity index (χ0v) is 11.5. The van der Waals surface area contributed by atoms with Crippen molar-refractivity contribution in [3.63, 3.8) is 0 Å². The molecule has 2 heterocycles. The van der Waals surface area contributed by atoms with E-state index in [1.54, 1.807) is 0 Å². The van der Waals surface area contributed by atoms with E-state index in [2.05, 4.69) is 36.3 Å². The zero-order valence-electron chi connectivity index (χ0n) is 11.5. The summed E-state index contributed by atoms with van der Waals surface area (Å²) in [7, 11) is 6.57. The van der Waals surface area contributed by atoms with Crippen molar-refractivity contribution >= 4 is 0 Å². The number of hydrogen-bond acceptors (Lipinski definition) is 4. The van der Waals surface area contributed by atoms with Crippen molar-refractivity contribution in [2.45, 2.75) is 37.4 Å². The third-order valence-corrected chi connectivity index (χ3v) is 4.48. The molecule has 1 N–H and O–H groups in total. The molecule has 0 amide bonds. The van der Waals surface area contributed by atoms with Gasteiger partial charge in [-0.05, 0) is 53.5 Å². The summed E-state index contributed by atoms with van der Waals surface area (Å²) in [5.41, 5.74) is 0. The van der Waals surface area contributed by atoms with Crippen LogP contribution in [0.15, 0.2) is 0 Å². The topological polar surface area (TPSA) is 27.7 Å². The summed E-state index contributed by atoms with van der Waals surface area (Å²) in [5.74, 6) is 0. The second kappa shape index (κ2) is 6.14. The molecule has 0 aromatic carbocycles. The second-order valence-corrected chi connectivity index (χ2v) is 5.53. The number of ether oxygens (including phenoxy) is 1. The lowest BCUT2D eigenvalue weighted by Gasteiger charge is -2.44. The van der Waals surface area contributed by atoms with Gasteiger partial charge in [-0.2, -0.15) is 0 Å². The minimum absolute atomic E-state index is 0.544. The zero-order chi connectivity index (χ0) is 12.3. The van der Waals surface area contributed by atoms with Crippen molar-refractivity contribution in [1.29, 1.82) is 0 Å². The highest BCUT2D eigenvalue weighted by atomic mass is 16.5. The normalized spacial score (nSPS) is 33.2. The molecule has 0 aliphatic carbocycles. The molecule has 0 aromatic heterocycles. The van der Waals surface area contributed by atoms with E-state index in [0.29, 0.717) is 12.1 Å². The smallest absolute Gasteiger partial charge is 0.0637 e. The van der Waals surface area contributed by atoms with Gasteiger partial charge in [-0.25, -0.2) is 0 Å². The molecule has 2 aliphatic heterocycles. The van der Waals surface area contributed by atoms with Crippen LogP contribution in [0, 0.1) is 0 Å². The van der Waals surface area contributed by atoms with Crippen LogP contribution in [0.3, 0.4) is 0 Å². The minimum atomic E-state index is 0.544. The van der Waals surface area contributed by atoms with Crippen molar-refractivity contribution < 1.29 is 4.74 Å². The number of nitrogens with one attached hydrogen (secondary N) is 1. The molecule has 0 aromatic rings. The standard InChI is InChI=1S/C13H27N3O/c1-14-12-6-9-17-10-13(12)16(3)11-4-7-15(2)8-5-11/h11-14H,4-10H2,1-3H3. The minimum Gasteiger partial charge on any atom is -0.380 e. The van der Waals surface area contributed by atoms with Crippen LogP contribution in [0.4, 0.5) is 0 Å². The van der Waals surface area contributed by atoms with Gasteiger partial charge in [0.05, 0.1) is 6.61 Å². The predicted octanol–water partition coefficient (Wildman–Crippen LogP) is 0.389. The lowest BCUT2D eigenvalue weighted by Crippen LogP contribution is -2.57. The Kier molecular flexibility index (Phi) is 4.79. The van der Waals surface area contributed by atoms with Crippen LogP contribution in [-0.2, 0) is 4.74 Å². The third-order valence-electron chi connectivity index (χ3n) is 4.48. The van der Waals surface area contributed by atoms with Crippen LogP contribution in [0.1, 0.15) is 19.3 Å². The Balaban J connectivity index is 1.90. The van der Waals surface area contributed by atoms with E-state index in [9.17, 15) is 0 Å². The molecule has 4 nitrogen and oxygen atoms in total. The monoisotopic (exact) mass is 241 g/mol. The van der Waals surface area contributed by atoms with Crippen LogP contribution in [-0.4, -0.2) is 75.4 Å². The van der Waals surface area contributed by atoms with E-state index in [-0.39, 0.29) is 0 Å². The lowest BCUT2D eigenvalue weighted by atomic mass is 9.97. The number of piperidine rings is 1. The Hall–Kier alpha value is -0.160. The van der Waals surface area contributed by atoms with Gasteiger partial charge in [0, 0.05) is 24.7 Å². The van der Waals surface area contributed by atoms with Crippen molar-refractivity contribution in [1.82, 2.24) is 15.1 Å². The SMILES string of the molecule is CNC1CCOCC1N(C)C1CCN(C)CC1. The predicted molar refractivity (Wildman–Crippen MR) is 70.4 cm³/mol. The molecule has 2 aliphatic rings. The Morgan fingerprint density at radius 3 is 2.59 bits per heavy atom. The third kappa shape index (κ3) is 3.19. The van der Waals surface area contributed by atoms with E-state index < -0.39 is 0 Å². The van der Waals surface area contributed by atoms with Crippen LogP contribution in [0.2, 0.25) is 0 Å². The molecule has 0 saturated carbocycles. The molecular formula is C13H27N3O. The summed E-state index contributed by atoms with van der Waals surface area (Å²) in [4.78, 5) is 4.99. The van der Waals surface area contributed by atoms with E-state index in [0.717, 1.165) is 25.7 Å². The first kappa shape index (κ1) is 13.3. The van der Waals surface area contributed by atoms with Gasteiger partial charge in [0.1, 0.15) is 0 Å². The molecule has 4 heteroatoms. The molecule has 2 unspecified atom stereocenters. The fourth-order valence-corrected chi connectivity index (χ4v) is 3.13. The van der Waals surface area contributed by atoms with Crippen molar-refractivity contribution in [3.05, 3.63) is 0 Å². The Bertz CT molecular complexity index is 229. The molecule has 2 atom stereocenters. The Morgan fingerprint density at radius 1 is 1.24 bits per heavy atom. The summed E-state index contributed by atoms with van der Waals surface area (Å²) in [6, 6.07) is 1.87. The second-order valence-electron chi connectivity index (χ2n) is 5.53. The first-order valence-electron chi connectivity index (χ1n) is 6.88. The van der Waals surface area contributed by atoms with Crippen LogP contribution < -0.4 is 5.32 Å². The number of hydrogen-bond donors (Lipinski definition) is 1. The van der Waals surface area contributed by atoms with Crippen molar-refractivity contribution in [2.24, 2.45) is 0 Å². The van der Waals surface area contributed by atoms with Gasteiger partial charge in [-0.1, -0.05) is 0 Å². The molecule has 2 rings (SSSR count). The summed E-state index contributed by atoms with van der Waals surface area (Å²) >= 11 is 0. The van der Waals surface area contributed by atoms with Gasteiger partial charge in [-0.15, -0.1) is 0 Å². The Morgan fingerprint density at radius 2 is 1.94 bits per heavy atom. The molecule has 0 radical (unpaired) electrons. The highest BCUT2D eigenvalue weighted by Crippen LogP contribution is 2.21. The summed E-state index contributed by atoms with van der Waals surface area (Å²) in [6.07, 6.45) is 3.72. The van der Waals surface area contributed by atoms with E-state index in [1.807, 2.05) is 0 Å². The van der Waals surface area contributed by atoms with Gasteiger partial charge < -0.3 is 15.0 Å². The van der Waals surface area contributed by atoms with Crippen LogP contribution in [0.5, 0.6) is 0 Å². The van der Waals surface area contributed by atoms with E-state index in [4.69, 9.17) is 4.74 Å².